The number of para-hydroxylation sites is 1. The van der Waals surface area contributed by atoms with Crippen molar-refractivity contribution in [3.63, 3.8) is 0 Å². The number of benzene rings is 3. The molecule has 3 N–H and O–H groups in total. The predicted molar refractivity (Wildman–Crippen MR) is 141 cm³/mol. The average Bonchev–Trinajstić information content (AvgIpc) is 3.41. The minimum Gasteiger partial charge on any atom is -0.323 e. The number of nitrogens with one attached hydrogen (secondary N) is 3. The lowest BCUT2D eigenvalue weighted by atomic mass is 9.96. The molecule has 12 heteroatoms. The molecule has 2 heterocycles. The van der Waals surface area contributed by atoms with Crippen LogP contribution in [0.4, 0.5) is 23.7 Å². The third kappa shape index (κ3) is 4.81. The van der Waals surface area contributed by atoms with Crippen LogP contribution in [0.25, 0.3) is 0 Å². The van der Waals surface area contributed by atoms with Crippen LogP contribution in [0.1, 0.15) is 32.6 Å². The van der Waals surface area contributed by atoms with E-state index in [0.717, 1.165) is 5.56 Å². The van der Waals surface area contributed by atoms with Crippen molar-refractivity contribution < 1.29 is 32.3 Å². The molecule has 3 aliphatic rings. The fourth-order valence-electron chi connectivity index (χ4n) is 5.49. The Hall–Kier alpha value is -5.00. The Morgan fingerprint density at radius 2 is 1.68 bits per heavy atom. The first-order chi connectivity index (χ1) is 19.5. The number of hydrogen-bond donors (Lipinski definition) is 3. The van der Waals surface area contributed by atoms with Gasteiger partial charge in [0.2, 0.25) is 6.17 Å². The molecule has 2 aliphatic heterocycles. The first-order valence-corrected chi connectivity index (χ1v) is 12.7. The van der Waals surface area contributed by atoms with Crippen LogP contribution in [-0.4, -0.2) is 53.9 Å². The molecule has 1 unspecified atom stereocenters. The van der Waals surface area contributed by atoms with E-state index in [2.05, 4.69) is 20.9 Å². The van der Waals surface area contributed by atoms with Gasteiger partial charge in [-0.25, -0.2) is 9.79 Å². The Morgan fingerprint density at radius 3 is 2.39 bits per heavy atom. The van der Waals surface area contributed by atoms with E-state index >= 15 is 0 Å². The molecule has 3 aromatic carbocycles. The number of anilines is 1. The maximum absolute atomic E-state index is 13.6. The van der Waals surface area contributed by atoms with Crippen LogP contribution in [0, 0.1) is 0 Å². The summed E-state index contributed by atoms with van der Waals surface area (Å²) in [6, 6.07) is 18.9. The molecule has 3 aromatic rings. The van der Waals surface area contributed by atoms with Gasteiger partial charge in [0.15, 0.2) is 0 Å². The van der Waals surface area contributed by atoms with Crippen LogP contribution in [0.3, 0.4) is 0 Å². The molecule has 1 aliphatic carbocycles. The number of halogens is 3. The van der Waals surface area contributed by atoms with Crippen LogP contribution in [0.15, 0.2) is 77.8 Å². The van der Waals surface area contributed by atoms with Gasteiger partial charge in [0, 0.05) is 29.5 Å². The zero-order chi connectivity index (χ0) is 28.9. The summed E-state index contributed by atoms with van der Waals surface area (Å²) in [6.45, 7) is -1.57. The molecule has 1 spiro atoms. The van der Waals surface area contributed by atoms with E-state index in [1.165, 1.54) is 18.2 Å². The first-order valence-electron chi connectivity index (χ1n) is 12.7. The van der Waals surface area contributed by atoms with Gasteiger partial charge in [0.1, 0.15) is 12.1 Å². The molecule has 2 atom stereocenters. The summed E-state index contributed by atoms with van der Waals surface area (Å²) in [5.41, 5.74) is 1.55. The van der Waals surface area contributed by atoms with Crippen LogP contribution in [0.2, 0.25) is 0 Å². The molecule has 5 amide bonds. The molecule has 9 nitrogen and oxygen atoms in total. The number of fused-ring (bicyclic) bond motifs is 2. The molecule has 208 valence electrons. The highest BCUT2D eigenvalue weighted by molar-refractivity contribution is 6.20. The standard InChI is InChI=1S/C29H22F3N5O4/c30-29(31,32)15-37-21-9-5-4-8-20(21)22(16-6-2-1-3-7-16)33-23(25(37)39)34-24(38)17-10-11-18-13-28(14-19(18)12-17)26(40)35-27(41)36-28/h1-12,23H,13-15H2,(H,34,38)(H2,35,36,40,41)/t23-,28?/m0/s1. The van der Waals surface area contributed by atoms with E-state index in [0.29, 0.717) is 21.6 Å². The lowest BCUT2D eigenvalue weighted by Gasteiger charge is -2.26. The van der Waals surface area contributed by atoms with Crippen LogP contribution in [0.5, 0.6) is 0 Å². The number of rotatable bonds is 4. The molecule has 0 bridgehead atoms. The maximum atomic E-state index is 13.6. The second-order valence-corrected chi connectivity index (χ2v) is 10.1. The van der Waals surface area contributed by atoms with Gasteiger partial charge < -0.3 is 10.6 Å². The molecule has 1 saturated heterocycles. The molecule has 6 rings (SSSR count). The largest absolute Gasteiger partial charge is 0.406 e. The minimum absolute atomic E-state index is 0.0221. The van der Waals surface area contributed by atoms with E-state index in [4.69, 9.17) is 0 Å². The predicted octanol–water partition coefficient (Wildman–Crippen LogP) is 2.87. The zero-order valence-electron chi connectivity index (χ0n) is 21.3. The smallest absolute Gasteiger partial charge is 0.323 e. The molecule has 0 radical (unpaired) electrons. The van der Waals surface area contributed by atoms with Crippen LogP contribution in [-0.2, 0) is 22.4 Å². The molecule has 1 fully saturated rings. The molecule has 41 heavy (non-hydrogen) atoms. The van der Waals surface area contributed by atoms with Gasteiger partial charge in [0.05, 0.1) is 11.4 Å². The van der Waals surface area contributed by atoms with Gasteiger partial charge in [-0.2, -0.15) is 13.2 Å². The fourth-order valence-corrected chi connectivity index (χ4v) is 5.49. The lowest BCUT2D eigenvalue weighted by molar-refractivity contribution is -0.133. The van der Waals surface area contributed by atoms with Gasteiger partial charge in [-0.05, 0) is 29.3 Å². The summed E-state index contributed by atoms with van der Waals surface area (Å²) >= 11 is 0. The number of benzodiazepines with no additional fused rings is 1. The minimum atomic E-state index is -4.72. The van der Waals surface area contributed by atoms with Gasteiger partial charge in [-0.3, -0.25) is 24.6 Å². The maximum Gasteiger partial charge on any atom is 0.406 e. The van der Waals surface area contributed by atoms with Gasteiger partial charge >= 0.3 is 12.2 Å². The Morgan fingerprint density at radius 1 is 0.976 bits per heavy atom. The number of aliphatic imine (C=N–C) groups is 1. The SMILES string of the molecule is O=C1NC(=O)C2(Cc3ccc(C(=O)N[C@@H]4N=C(c5ccccc5)c5ccccc5N(CC(F)(F)F)C4=O)cc3C2)N1. The molecular formula is C29H22F3N5O4. The summed E-state index contributed by atoms with van der Waals surface area (Å²) in [6.07, 6.45) is -5.97. The summed E-state index contributed by atoms with van der Waals surface area (Å²) in [4.78, 5) is 56.1. The highest BCUT2D eigenvalue weighted by Gasteiger charge is 2.50. The van der Waals surface area contributed by atoms with E-state index in [-0.39, 0.29) is 29.8 Å². The van der Waals surface area contributed by atoms with Gasteiger partial charge in [0.25, 0.3) is 17.7 Å². The second kappa shape index (κ2) is 9.58. The van der Waals surface area contributed by atoms with Crippen molar-refractivity contribution in [2.24, 2.45) is 4.99 Å². The van der Waals surface area contributed by atoms with Gasteiger partial charge in [-0.1, -0.05) is 54.6 Å². The van der Waals surface area contributed by atoms with Crippen molar-refractivity contribution in [1.29, 1.82) is 0 Å². The van der Waals surface area contributed by atoms with Crippen molar-refractivity contribution in [1.82, 2.24) is 16.0 Å². The lowest BCUT2D eigenvalue weighted by Crippen LogP contribution is -2.50. The van der Waals surface area contributed by atoms with Crippen molar-refractivity contribution in [3.05, 3.63) is 101 Å². The topological polar surface area (TPSA) is 120 Å². The van der Waals surface area contributed by atoms with E-state index in [1.807, 2.05) is 0 Å². The monoisotopic (exact) mass is 561 g/mol. The van der Waals surface area contributed by atoms with E-state index in [9.17, 15) is 32.3 Å². The molecule has 0 saturated carbocycles. The number of imide groups is 1. The van der Waals surface area contributed by atoms with E-state index in [1.54, 1.807) is 54.6 Å². The van der Waals surface area contributed by atoms with Gasteiger partial charge in [-0.15, -0.1) is 0 Å². The van der Waals surface area contributed by atoms with E-state index < -0.39 is 48.2 Å². The first kappa shape index (κ1) is 26.2. The number of carbonyl (C=O) groups excluding carboxylic acids is 4. The number of urea groups is 1. The van der Waals surface area contributed by atoms with Crippen molar-refractivity contribution in [2.75, 3.05) is 11.4 Å². The molecular weight excluding hydrogens is 539 g/mol. The van der Waals surface area contributed by atoms with Crippen molar-refractivity contribution in [2.45, 2.75) is 30.7 Å². The Balaban J connectivity index is 1.35. The number of hydrogen-bond acceptors (Lipinski definition) is 5. The van der Waals surface area contributed by atoms with Crippen molar-refractivity contribution in [3.8, 4) is 0 Å². The Kier molecular flexibility index (Phi) is 6.13. The Bertz CT molecular complexity index is 1640. The number of amides is 5. The second-order valence-electron chi connectivity index (χ2n) is 10.1. The zero-order valence-corrected chi connectivity index (χ0v) is 21.3. The summed E-state index contributed by atoms with van der Waals surface area (Å²) in [5, 5.41) is 7.38. The third-order valence-electron chi connectivity index (χ3n) is 7.33. The van der Waals surface area contributed by atoms with Crippen LogP contribution < -0.4 is 20.9 Å². The summed E-state index contributed by atoms with van der Waals surface area (Å²) in [7, 11) is 0. The van der Waals surface area contributed by atoms with Crippen LogP contribution >= 0.6 is 0 Å². The Labute approximate surface area is 231 Å². The van der Waals surface area contributed by atoms with Crippen molar-refractivity contribution >= 4 is 35.2 Å². The third-order valence-corrected chi connectivity index (χ3v) is 7.33. The number of nitrogens with zero attached hydrogens (tertiary/aromatic N) is 2. The number of alkyl halides is 3. The molecule has 0 aromatic heterocycles. The average molecular weight is 562 g/mol. The quantitative estimate of drug-likeness (QED) is 0.425. The summed E-state index contributed by atoms with van der Waals surface area (Å²) in [5.74, 6) is -2.23. The normalized spacial score (nSPS) is 21.5. The highest BCUT2D eigenvalue weighted by atomic mass is 19.4. The fraction of sp³-hybridized carbons (Fsp3) is 0.207. The number of carbonyl (C=O) groups is 4. The summed E-state index contributed by atoms with van der Waals surface area (Å²) < 4.78 is 40.9. The highest BCUT2D eigenvalue weighted by Crippen LogP contribution is 2.34.